The summed E-state index contributed by atoms with van der Waals surface area (Å²) in [6, 6.07) is 5.40. The van der Waals surface area contributed by atoms with Crippen molar-refractivity contribution in [1.29, 1.82) is 0 Å². The number of pyridine rings is 1. The van der Waals surface area contributed by atoms with Crippen molar-refractivity contribution in [2.75, 3.05) is 0 Å². The first-order valence-corrected chi connectivity index (χ1v) is 7.93. The van der Waals surface area contributed by atoms with E-state index in [0.29, 0.717) is 5.69 Å². The van der Waals surface area contributed by atoms with Crippen LogP contribution < -0.4 is 5.56 Å². The minimum atomic E-state index is -0.0865. The molecule has 4 nitrogen and oxygen atoms in total. The molecule has 0 N–H and O–H groups in total. The molecule has 0 aromatic carbocycles. The predicted octanol–water partition coefficient (Wildman–Crippen LogP) is 3.62. The van der Waals surface area contributed by atoms with E-state index >= 15 is 0 Å². The van der Waals surface area contributed by atoms with Crippen molar-refractivity contribution in [1.82, 2.24) is 14.4 Å². The van der Waals surface area contributed by atoms with Crippen molar-refractivity contribution in [2.45, 2.75) is 26.2 Å². The van der Waals surface area contributed by atoms with Gasteiger partial charge in [-0.3, -0.25) is 14.2 Å². The van der Waals surface area contributed by atoms with Gasteiger partial charge in [-0.25, -0.2) is 4.98 Å². The van der Waals surface area contributed by atoms with Crippen LogP contribution in [0.25, 0.3) is 17.1 Å². The molecule has 0 unspecified atom stereocenters. The fourth-order valence-corrected chi connectivity index (χ4v) is 3.32. The normalized spacial score (nSPS) is 12.3. The van der Waals surface area contributed by atoms with Gasteiger partial charge in [-0.2, -0.15) is 0 Å². The van der Waals surface area contributed by atoms with E-state index in [-0.39, 0.29) is 11.0 Å². The maximum Gasteiger partial charge on any atom is 0.259 e. The number of nitrogens with zero attached hydrogens (tertiary/aromatic N) is 3. The molecule has 5 heteroatoms. The van der Waals surface area contributed by atoms with E-state index in [1.807, 2.05) is 29.7 Å². The summed E-state index contributed by atoms with van der Waals surface area (Å²) in [5, 5.41) is 2.01. The highest BCUT2D eigenvalue weighted by Gasteiger charge is 2.20. The van der Waals surface area contributed by atoms with Gasteiger partial charge in [0.05, 0.1) is 5.69 Å². The average Bonchev–Trinajstić information content (AvgIpc) is 2.91. The SMILES string of the molecule is CC(C)(C)c1csc2nc(/C=C/c3cccnc3)cc(=O)n12. The monoisotopic (exact) mass is 311 g/mol. The summed E-state index contributed by atoms with van der Waals surface area (Å²) in [7, 11) is 0. The number of aromatic nitrogens is 3. The molecule has 0 spiro atoms. The van der Waals surface area contributed by atoms with Crippen LogP contribution in [-0.4, -0.2) is 14.4 Å². The Balaban J connectivity index is 2.04. The molecule has 0 fully saturated rings. The van der Waals surface area contributed by atoms with Crippen LogP contribution in [0.15, 0.2) is 40.8 Å². The lowest BCUT2D eigenvalue weighted by Gasteiger charge is -2.17. The highest BCUT2D eigenvalue weighted by atomic mass is 32.1. The number of thiazole rings is 1. The maximum absolute atomic E-state index is 12.4. The molecule has 0 radical (unpaired) electrons. The lowest BCUT2D eigenvalue weighted by molar-refractivity contribution is 0.561. The second-order valence-corrected chi connectivity index (χ2v) is 6.96. The molecule has 0 amide bonds. The van der Waals surface area contributed by atoms with E-state index in [1.54, 1.807) is 22.9 Å². The smallest absolute Gasteiger partial charge is 0.259 e. The van der Waals surface area contributed by atoms with Gasteiger partial charge in [0.25, 0.3) is 5.56 Å². The Labute approximate surface area is 132 Å². The van der Waals surface area contributed by atoms with E-state index < -0.39 is 0 Å². The van der Waals surface area contributed by atoms with Crippen molar-refractivity contribution < 1.29 is 0 Å². The molecular formula is C17H17N3OS. The highest BCUT2D eigenvalue weighted by molar-refractivity contribution is 7.15. The zero-order chi connectivity index (χ0) is 15.7. The van der Waals surface area contributed by atoms with Gasteiger partial charge in [-0.05, 0) is 17.7 Å². The highest BCUT2D eigenvalue weighted by Crippen LogP contribution is 2.25. The Hall–Kier alpha value is -2.27. The Morgan fingerprint density at radius 2 is 2.09 bits per heavy atom. The molecule has 0 aliphatic heterocycles. The van der Waals surface area contributed by atoms with Crippen molar-refractivity contribution in [3.05, 3.63) is 63.3 Å². The third-order valence-electron chi connectivity index (χ3n) is 3.32. The molecule has 3 aromatic rings. The molecule has 22 heavy (non-hydrogen) atoms. The first-order valence-electron chi connectivity index (χ1n) is 7.05. The van der Waals surface area contributed by atoms with Gasteiger partial charge < -0.3 is 0 Å². The third kappa shape index (κ3) is 2.85. The number of hydrogen-bond donors (Lipinski definition) is 0. The van der Waals surface area contributed by atoms with Gasteiger partial charge in [-0.1, -0.05) is 32.9 Å². The molecule has 112 valence electrons. The molecule has 0 saturated carbocycles. The van der Waals surface area contributed by atoms with Crippen molar-refractivity contribution >= 4 is 28.4 Å². The summed E-state index contributed by atoms with van der Waals surface area (Å²) < 4.78 is 1.70. The van der Waals surface area contributed by atoms with E-state index in [1.165, 1.54) is 11.3 Å². The van der Waals surface area contributed by atoms with Gasteiger partial charge in [0.15, 0.2) is 4.96 Å². The van der Waals surface area contributed by atoms with Crippen LogP contribution >= 0.6 is 11.3 Å². The summed E-state index contributed by atoms with van der Waals surface area (Å²) in [5.74, 6) is 0. The van der Waals surface area contributed by atoms with Gasteiger partial charge >= 0.3 is 0 Å². The summed E-state index contributed by atoms with van der Waals surface area (Å²) in [4.78, 5) is 21.8. The Bertz CT molecular complexity index is 886. The molecule has 3 heterocycles. The van der Waals surface area contributed by atoms with Crippen molar-refractivity contribution in [3.63, 3.8) is 0 Å². The van der Waals surface area contributed by atoms with Crippen molar-refractivity contribution in [3.8, 4) is 0 Å². The third-order valence-corrected chi connectivity index (χ3v) is 4.15. The second-order valence-electron chi connectivity index (χ2n) is 6.13. The van der Waals surface area contributed by atoms with Gasteiger partial charge in [0, 0.05) is 34.9 Å². The summed E-state index contributed by atoms with van der Waals surface area (Å²) in [6.45, 7) is 6.28. The number of fused-ring (bicyclic) bond motifs is 1. The molecule has 0 saturated heterocycles. The fraction of sp³-hybridized carbons (Fsp3) is 0.235. The molecule has 3 aromatic heterocycles. The largest absolute Gasteiger partial charge is 0.269 e. The summed E-state index contributed by atoms with van der Waals surface area (Å²) in [5.41, 5.74) is 2.51. The Morgan fingerprint density at radius 3 is 2.77 bits per heavy atom. The van der Waals surface area contributed by atoms with Gasteiger partial charge in [0.2, 0.25) is 0 Å². The molecular weight excluding hydrogens is 294 g/mol. The summed E-state index contributed by atoms with van der Waals surface area (Å²) in [6.07, 6.45) is 7.25. The van der Waals surface area contributed by atoms with Crippen molar-refractivity contribution in [2.24, 2.45) is 0 Å². The fourth-order valence-electron chi connectivity index (χ4n) is 2.19. The van der Waals surface area contributed by atoms with Gasteiger partial charge in [-0.15, -0.1) is 11.3 Å². The number of hydrogen-bond acceptors (Lipinski definition) is 4. The molecule has 0 bridgehead atoms. The summed E-state index contributed by atoms with van der Waals surface area (Å²) >= 11 is 1.50. The van der Waals surface area contributed by atoms with Crippen LogP contribution in [0.1, 0.15) is 37.7 Å². The second kappa shape index (κ2) is 5.50. The molecule has 0 aliphatic carbocycles. The minimum absolute atomic E-state index is 0.0398. The quantitative estimate of drug-likeness (QED) is 0.726. The van der Waals surface area contributed by atoms with E-state index in [0.717, 1.165) is 16.2 Å². The average molecular weight is 311 g/mol. The standard InChI is InChI=1S/C17H17N3OS/c1-17(2,3)14-11-22-16-19-13(9-15(21)20(14)16)7-6-12-5-4-8-18-10-12/h4-11H,1-3H3/b7-6+. The molecule has 0 atom stereocenters. The van der Waals surface area contributed by atoms with E-state index in [9.17, 15) is 4.79 Å². The van der Waals surface area contributed by atoms with Crippen LogP contribution in [0.4, 0.5) is 0 Å². The van der Waals surface area contributed by atoms with E-state index in [4.69, 9.17) is 0 Å². The van der Waals surface area contributed by atoms with Gasteiger partial charge in [0.1, 0.15) is 0 Å². The first-order chi connectivity index (χ1) is 10.4. The van der Waals surface area contributed by atoms with Crippen LogP contribution in [-0.2, 0) is 5.41 Å². The lowest BCUT2D eigenvalue weighted by Crippen LogP contribution is -2.22. The predicted molar refractivity (Wildman–Crippen MR) is 91.2 cm³/mol. The van der Waals surface area contributed by atoms with E-state index in [2.05, 4.69) is 30.7 Å². The van der Waals surface area contributed by atoms with Crippen LogP contribution in [0.2, 0.25) is 0 Å². The molecule has 0 aliphatic rings. The zero-order valence-corrected chi connectivity index (χ0v) is 13.6. The topological polar surface area (TPSA) is 47.3 Å². The van der Waals surface area contributed by atoms with Crippen LogP contribution in [0, 0.1) is 0 Å². The Kier molecular flexibility index (Phi) is 3.66. The first kappa shape index (κ1) is 14.7. The number of rotatable bonds is 2. The molecule has 3 rings (SSSR count). The van der Waals surface area contributed by atoms with Crippen LogP contribution in [0.3, 0.4) is 0 Å². The minimum Gasteiger partial charge on any atom is -0.269 e. The zero-order valence-electron chi connectivity index (χ0n) is 12.8. The lowest BCUT2D eigenvalue weighted by atomic mass is 9.93. The van der Waals surface area contributed by atoms with Crippen LogP contribution in [0.5, 0.6) is 0 Å². The maximum atomic E-state index is 12.4. The Morgan fingerprint density at radius 1 is 1.27 bits per heavy atom.